The molecule has 1 saturated carbocycles. The van der Waals surface area contributed by atoms with Gasteiger partial charge in [-0.2, -0.15) is 0 Å². The van der Waals surface area contributed by atoms with Crippen LogP contribution in [-0.4, -0.2) is 37.0 Å². The van der Waals surface area contributed by atoms with Gasteiger partial charge < -0.3 is 18.9 Å². The van der Waals surface area contributed by atoms with Gasteiger partial charge in [0.1, 0.15) is 0 Å². The van der Waals surface area contributed by atoms with Crippen molar-refractivity contribution in [1.82, 2.24) is 0 Å². The van der Waals surface area contributed by atoms with Crippen LogP contribution in [0.25, 0.3) is 0 Å². The Morgan fingerprint density at radius 1 is 1.15 bits per heavy atom. The minimum Gasteiger partial charge on any atom is -0.461 e. The number of benzene rings is 1. The van der Waals surface area contributed by atoms with Crippen molar-refractivity contribution >= 4 is 11.9 Å². The topological polar surface area (TPSA) is 71.1 Å². The zero-order valence-corrected chi connectivity index (χ0v) is 16.1. The van der Waals surface area contributed by atoms with Gasteiger partial charge in [0, 0.05) is 13.0 Å². The van der Waals surface area contributed by atoms with E-state index in [9.17, 15) is 9.59 Å². The fourth-order valence-corrected chi connectivity index (χ4v) is 4.02. The molecule has 1 aliphatic heterocycles. The molecular weight excluding hydrogens is 348 g/mol. The molecule has 0 aromatic heterocycles. The second-order valence-corrected chi connectivity index (χ2v) is 7.25. The predicted molar refractivity (Wildman–Crippen MR) is 97.6 cm³/mol. The van der Waals surface area contributed by atoms with E-state index >= 15 is 0 Å². The quantitative estimate of drug-likeness (QED) is 0.680. The Hall–Kier alpha value is -1.92. The highest BCUT2D eigenvalue weighted by molar-refractivity contribution is 5.89. The van der Waals surface area contributed by atoms with Crippen molar-refractivity contribution in [2.75, 3.05) is 13.2 Å². The van der Waals surface area contributed by atoms with E-state index in [4.69, 9.17) is 18.9 Å². The number of carbonyl (C=O) groups excluding carboxylic acids is 2. The van der Waals surface area contributed by atoms with Crippen molar-refractivity contribution in [3.63, 3.8) is 0 Å². The van der Waals surface area contributed by atoms with Crippen molar-refractivity contribution in [2.24, 2.45) is 5.41 Å². The normalized spacial score (nSPS) is 30.3. The summed E-state index contributed by atoms with van der Waals surface area (Å²) in [5.74, 6) is -2.57. The van der Waals surface area contributed by atoms with Gasteiger partial charge in [0.05, 0.1) is 24.7 Å². The maximum atomic E-state index is 12.7. The molecule has 2 aliphatic rings. The van der Waals surface area contributed by atoms with Gasteiger partial charge in [-0.05, 0) is 45.1 Å². The second-order valence-electron chi connectivity index (χ2n) is 7.25. The Labute approximate surface area is 160 Å². The third kappa shape index (κ3) is 4.17. The summed E-state index contributed by atoms with van der Waals surface area (Å²) in [5.41, 5.74) is 0.449. The lowest BCUT2D eigenvalue weighted by molar-refractivity contribution is -0.229. The molecule has 1 atom stereocenters. The number of hydrogen-bond acceptors (Lipinski definition) is 6. The van der Waals surface area contributed by atoms with E-state index in [2.05, 4.69) is 0 Å². The van der Waals surface area contributed by atoms with Crippen LogP contribution in [-0.2, 0) is 35.1 Å². The molecule has 2 fully saturated rings. The number of hydrogen-bond donors (Lipinski definition) is 0. The average Bonchev–Trinajstić information content (AvgIpc) is 2.95. The molecule has 1 aromatic carbocycles. The largest absolute Gasteiger partial charge is 0.461 e. The van der Waals surface area contributed by atoms with Crippen LogP contribution in [0.2, 0.25) is 0 Å². The first-order chi connectivity index (χ1) is 13.0. The molecule has 1 aromatic rings. The van der Waals surface area contributed by atoms with E-state index in [1.807, 2.05) is 30.3 Å². The first-order valence-corrected chi connectivity index (χ1v) is 9.74. The van der Waals surface area contributed by atoms with Gasteiger partial charge >= 0.3 is 17.7 Å². The lowest BCUT2D eigenvalue weighted by atomic mass is 9.71. The van der Waals surface area contributed by atoms with Crippen LogP contribution in [0.3, 0.4) is 0 Å². The molecule has 0 bridgehead atoms. The molecule has 1 aliphatic carbocycles. The Balaban J connectivity index is 1.61. The second kappa shape index (κ2) is 8.40. The molecule has 3 rings (SSSR count). The van der Waals surface area contributed by atoms with E-state index in [0.717, 1.165) is 18.4 Å². The molecule has 6 heteroatoms. The summed E-state index contributed by atoms with van der Waals surface area (Å²) in [6.07, 6.45) is 3.09. The summed E-state index contributed by atoms with van der Waals surface area (Å²) in [6.45, 7) is 4.54. The lowest BCUT2D eigenvalue weighted by Crippen LogP contribution is -2.43. The number of ether oxygens (including phenoxy) is 4. The monoisotopic (exact) mass is 376 g/mol. The fraction of sp³-hybridized carbons (Fsp3) is 0.619. The van der Waals surface area contributed by atoms with Gasteiger partial charge in [0.15, 0.2) is 0 Å². The first-order valence-electron chi connectivity index (χ1n) is 9.74. The molecule has 1 unspecified atom stereocenters. The zero-order chi connectivity index (χ0) is 19.3. The fourth-order valence-electron chi connectivity index (χ4n) is 4.02. The maximum Gasteiger partial charge on any atom is 0.379 e. The van der Waals surface area contributed by atoms with E-state index in [-0.39, 0.29) is 31.7 Å². The highest BCUT2D eigenvalue weighted by Gasteiger charge is 2.62. The van der Waals surface area contributed by atoms with E-state index in [1.165, 1.54) is 0 Å². The summed E-state index contributed by atoms with van der Waals surface area (Å²) in [4.78, 5) is 25.1. The smallest absolute Gasteiger partial charge is 0.379 e. The third-order valence-electron chi connectivity index (χ3n) is 5.44. The molecule has 1 heterocycles. The summed E-state index contributed by atoms with van der Waals surface area (Å²) in [5, 5.41) is 0. The van der Waals surface area contributed by atoms with Gasteiger partial charge in [-0.25, -0.2) is 4.79 Å². The highest BCUT2D eigenvalue weighted by Crippen LogP contribution is 2.51. The SMILES string of the molecule is CCOC(=O)C1(OCC)CC2(CCC(OCc3ccccc3)CC2)C(=O)O1. The maximum absolute atomic E-state index is 12.7. The van der Waals surface area contributed by atoms with Crippen molar-refractivity contribution < 1.29 is 28.5 Å². The van der Waals surface area contributed by atoms with Gasteiger partial charge in [-0.1, -0.05) is 30.3 Å². The van der Waals surface area contributed by atoms with Crippen LogP contribution in [0.4, 0.5) is 0 Å². The van der Waals surface area contributed by atoms with Crippen LogP contribution in [0.1, 0.15) is 51.5 Å². The Kier molecular flexibility index (Phi) is 6.17. The van der Waals surface area contributed by atoms with Crippen LogP contribution >= 0.6 is 0 Å². The van der Waals surface area contributed by atoms with E-state index in [0.29, 0.717) is 19.4 Å². The summed E-state index contributed by atoms with van der Waals surface area (Å²) >= 11 is 0. The standard InChI is InChI=1S/C21H28O6/c1-3-24-19(23)21(26-4-2)15-20(18(22)27-21)12-10-17(11-13-20)25-14-16-8-6-5-7-9-16/h5-9,17H,3-4,10-15H2,1-2H3. The van der Waals surface area contributed by atoms with Crippen LogP contribution in [0, 0.1) is 5.41 Å². The number of esters is 2. The van der Waals surface area contributed by atoms with E-state index < -0.39 is 17.2 Å². The molecule has 27 heavy (non-hydrogen) atoms. The van der Waals surface area contributed by atoms with Crippen molar-refractivity contribution in [2.45, 2.75) is 64.4 Å². The predicted octanol–water partition coefficient (Wildman–Crippen LogP) is 3.38. The molecular formula is C21H28O6. The molecule has 1 spiro atoms. The number of cyclic esters (lactones) is 1. The minimum absolute atomic E-state index is 0.105. The first kappa shape index (κ1) is 19.8. The van der Waals surface area contributed by atoms with Crippen molar-refractivity contribution in [1.29, 1.82) is 0 Å². The van der Waals surface area contributed by atoms with Crippen molar-refractivity contribution in [3.05, 3.63) is 35.9 Å². The van der Waals surface area contributed by atoms with Crippen LogP contribution < -0.4 is 0 Å². The molecule has 148 valence electrons. The van der Waals surface area contributed by atoms with Crippen molar-refractivity contribution in [3.8, 4) is 0 Å². The summed E-state index contributed by atoms with van der Waals surface area (Å²) in [6, 6.07) is 10.0. The molecule has 0 amide bonds. The Morgan fingerprint density at radius 2 is 1.85 bits per heavy atom. The Bertz CT molecular complexity index is 650. The number of carbonyl (C=O) groups is 2. The molecule has 0 radical (unpaired) electrons. The third-order valence-corrected chi connectivity index (χ3v) is 5.44. The number of rotatable bonds is 7. The van der Waals surface area contributed by atoms with Crippen LogP contribution in [0.15, 0.2) is 30.3 Å². The lowest BCUT2D eigenvalue weighted by Gasteiger charge is -2.34. The van der Waals surface area contributed by atoms with Crippen LogP contribution in [0.5, 0.6) is 0 Å². The summed E-state index contributed by atoms with van der Waals surface area (Å²) < 4.78 is 22.2. The minimum atomic E-state index is -1.60. The molecule has 0 N–H and O–H groups in total. The van der Waals surface area contributed by atoms with E-state index in [1.54, 1.807) is 13.8 Å². The highest BCUT2D eigenvalue weighted by atomic mass is 16.7. The Morgan fingerprint density at radius 3 is 2.48 bits per heavy atom. The average molecular weight is 376 g/mol. The molecule has 6 nitrogen and oxygen atoms in total. The summed E-state index contributed by atoms with van der Waals surface area (Å²) in [7, 11) is 0. The van der Waals surface area contributed by atoms with Gasteiger partial charge in [-0.15, -0.1) is 0 Å². The van der Waals surface area contributed by atoms with Gasteiger partial charge in [-0.3, -0.25) is 4.79 Å². The molecule has 1 saturated heterocycles. The van der Waals surface area contributed by atoms with Gasteiger partial charge in [0.25, 0.3) is 0 Å². The van der Waals surface area contributed by atoms with Gasteiger partial charge in [0.2, 0.25) is 0 Å². The zero-order valence-electron chi connectivity index (χ0n) is 16.1.